The van der Waals surface area contributed by atoms with Gasteiger partial charge >= 0.3 is 42.1 Å². The predicted molar refractivity (Wildman–Crippen MR) is 228 cm³/mol. The molecule has 2 saturated carbocycles. The van der Waals surface area contributed by atoms with Crippen molar-refractivity contribution in [2.45, 2.75) is 155 Å². The fourth-order valence-electron chi connectivity index (χ4n) is 5.94. The number of methoxy groups -OCH3 is 4. The molecule has 5 N–H and O–H groups in total. The lowest BCUT2D eigenvalue weighted by atomic mass is 9.83. The third-order valence-corrected chi connectivity index (χ3v) is 9.96. The summed E-state index contributed by atoms with van der Waals surface area (Å²) >= 11 is 5.49. The first-order valence-electron chi connectivity index (χ1n) is 20.7. The number of esters is 2. The van der Waals surface area contributed by atoms with Gasteiger partial charge in [0.2, 0.25) is 11.2 Å². The lowest BCUT2D eigenvalue weighted by Gasteiger charge is -2.32. The van der Waals surface area contributed by atoms with E-state index in [4.69, 9.17) is 40.4 Å². The number of carboxylic acids is 1. The second kappa shape index (κ2) is 29.8. The van der Waals surface area contributed by atoms with Crippen LogP contribution in [-0.4, -0.2) is 144 Å². The zero-order valence-corrected chi connectivity index (χ0v) is 41.1. The number of aliphatic carboxylic acids is 1. The van der Waals surface area contributed by atoms with Gasteiger partial charge in [0.05, 0.1) is 28.4 Å². The Morgan fingerprint density at radius 1 is 0.683 bits per heavy atom. The lowest BCUT2D eigenvalue weighted by molar-refractivity contribution is -0.422. The van der Waals surface area contributed by atoms with Crippen LogP contribution in [0.2, 0.25) is 5.28 Å². The zero-order chi connectivity index (χ0) is 48.0. The van der Waals surface area contributed by atoms with Crippen LogP contribution in [0.15, 0.2) is 0 Å². The van der Waals surface area contributed by atoms with Crippen LogP contribution in [0.4, 0.5) is 9.59 Å². The van der Waals surface area contributed by atoms with E-state index in [1.807, 2.05) is 0 Å². The summed E-state index contributed by atoms with van der Waals surface area (Å²) in [5.41, 5.74) is 2.61. The number of amides is 3. The van der Waals surface area contributed by atoms with Crippen LogP contribution in [0.3, 0.4) is 0 Å². The van der Waals surface area contributed by atoms with Gasteiger partial charge in [0.1, 0.15) is 29.3 Å². The second-order valence-corrected chi connectivity index (χ2v) is 17.2. The number of carbonyl (C=O) groups excluding carboxylic acids is 5. The van der Waals surface area contributed by atoms with Gasteiger partial charge in [-0.1, -0.05) is 38.5 Å². The van der Waals surface area contributed by atoms with E-state index in [0.717, 1.165) is 49.8 Å². The van der Waals surface area contributed by atoms with Crippen LogP contribution >= 0.6 is 11.6 Å². The molecule has 364 valence electrons. The van der Waals surface area contributed by atoms with Crippen LogP contribution in [0.5, 0.6) is 12.0 Å². The van der Waals surface area contributed by atoms with Crippen LogP contribution in [-0.2, 0) is 38.1 Å². The Hall–Kier alpha value is -4.43. The largest absolute Gasteiger partial charge is 1.00 e. The van der Waals surface area contributed by atoms with Crippen molar-refractivity contribution >= 4 is 47.6 Å². The lowest BCUT2D eigenvalue weighted by Crippen LogP contribution is -3.00. The van der Waals surface area contributed by atoms with Gasteiger partial charge in [-0.15, -0.1) is 4.98 Å². The molecule has 63 heavy (non-hydrogen) atoms. The smallest absolute Gasteiger partial charge is 0.410 e. The molecule has 0 radical (unpaired) electrons. The molecule has 22 heteroatoms. The summed E-state index contributed by atoms with van der Waals surface area (Å²) in [7, 11) is 8.53. The van der Waals surface area contributed by atoms with E-state index in [2.05, 4.69) is 30.7 Å². The SMILES string of the molecule is COC(=O)[C@@H](NC(=O)[C@H](C)N(C)C(=O)OC(C)(C)C)C1CCCCC1.COC(=O)[C@@H]([NH3+])C1CCCCC1.COc1nc(Cl)nc(OC)n1.C[C@@H](C(=O)O)N(C)C(=O)OC(C)(C)C.[Cl-]. The zero-order valence-electron chi connectivity index (χ0n) is 39.6. The number of quaternary nitrogens is 1. The van der Waals surface area contributed by atoms with Crippen molar-refractivity contribution in [3.8, 4) is 12.0 Å². The maximum atomic E-state index is 12.6. The molecular weight excluding hydrogens is 869 g/mol. The molecule has 4 atom stereocenters. The number of halogens is 2. The van der Waals surface area contributed by atoms with Gasteiger partial charge in [0.15, 0.2) is 6.04 Å². The Labute approximate surface area is 383 Å². The Kier molecular flexibility index (Phi) is 28.7. The first-order valence-corrected chi connectivity index (χ1v) is 21.0. The number of carboxylic acid groups (broad SMARTS) is 1. The number of nitrogens with one attached hydrogen (secondary N) is 1. The molecule has 2 aliphatic rings. The summed E-state index contributed by atoms with van der Waals surface area (Å²) in [6, 6.07) is -2.18. The average Bonchev–Trinajstić information content (AvgIpc) is 3.23. The van der Waals surface area contributed by atoms with Gasteiger partial charge < -0.3 is 57.0 Å². The number of likely N-dealkylation sites (N-methyl/N-ethyl adjacent to an activating group) is 2. The normalized spacial score (nSPS) is 15.9. The topological polar surface area (TPSA) is 263 Å². The van der Waals surface area contributed by atoms with Crippen molar-refractivity contribution in [2.24, 2.45) is 11.8 Å². The maximum absolute atomic E-state index is 12.6. The predicted octanol–water partition coefficient (Wildman–Crippen LogP) is 1.70. The molecule has 20 nitrogen and oxygen atoms in total. The first-order chi connectivity index (χ1) is 28.7. The molecule has 0 bridgehead atoms. The number of hydrogen-bond acceptors (Lipinski definition) is 15. The Balaban J connectivity index is 0. The highest BCUT2D eigenvalue weighted by Crippen LogP contribution is 2.28. The van der Waals surface area contributed by atoms with Crippen LogP contribution in [0.25, 0.3) is 0 Å². The first kappa shape index (κ1) is 60.7. The molecule has 1 aromatic heterocycles. The number of ether oxygens (including phenoxy) is 6. The van der Waals surface area contributed by atoms with E-state index < -0.39 is 59.4 Å². The molecule has 1 aromatic rings. The van der Waals surface area contributed by atoms with E-state index in [1.165, 1.54) is 73.6 Å². The summed E-state index contributed by atoms with van der Waals surface area (Å²) in [5, 5.41) is 11.5. The van der Waals surface area contributed by atoms with Crippen LogP contribution in [0, 0.1) is 11.8 Å². The molecule has 1 heterocycles. The fourth-order valence-corrected chi connectivity index (χ4v) is 6.09. The standard InChI is InChI=1S/C18H32N2O5.C9H17NO4.C9H17NO2.C5H6ClN3O2.ClH/c1-12(20(5)17(23)25-18(2,3)4)15(21)19-14(16(22)24-6)13-10-8-7-9-11-13;1-6(7(11)12)10(5)8(13)14-9(2,3)4;1-12-9(11)8(10)7-5-3-2-4-6-7;1-10-4-7-3(6)8-5(9-4)11-2;/h12-14H,7-11H2,1-6H3,(H,19,21);6H,1-5H3,(H,11,12);7-8H,2-6,10H2,1H3;1-2H3;1H/t12-,14-;6-;8-;;/m000../s1. The molecule has 2 aliphatic carbocycles. The highest BCUT2D eigenvalue weighted by molar-refractivity contribution is 6.28. The Bertz CT molecular complexity index is 1550. The van der Waals surface area contributed by atoms with E-state index in [1.54, 1.807) is 48.5 Å². The number of rotatable bonds is 11. The summed E-state index contributed by atoms with van der Waals surface area (Å²) in [6.45, 7) is 13.5. The van der Waals surface area contributed by atoms with E-state index in [9.17, 15) is 28.8 Å². The van der Waals surface area contributed by atoms with Crippen molar-refractivity contribution in [3.05, 3.63) is 5.28 Å². The van der Waals surface area contributed by atoms with E-state index in [0.29, 0.717) is 5.92 Å². The third kappa shape index (κ3) is 24.3. The molecule has 3 rings (SSSR count). The minimum atomic E-state index is -1.06. The van der Waals surface area contributed by atoms with Crippen molar-refractivity contribution in [1.29, 1.82) is 0 Å². The summed E-state index contributed by atoms with van der Waals surface area (Å²) in [4.78, 5) is 83.1. The molecule has 2 fully saturated rings. The highest BCUT2D eigenvalue weighted by atomic mass is 35.5. The summed E-state index contributed by atoms with van der Waals surface area (Å²) in [5.74, 6) is -1.50. The van der Waals surface area contributed by atoms with Gasteiger partial charge in [-0.3, -0.25) is 14.6 Å². The molecule has 0 aliphatic heterocycles. The number of aromatic nitrogens is 3. The van der Waals surface area contributed by atoms with Crippen LogP contribution in [0.1, 0.15) is 120 Å². The van der Waals surface area contributed by atoms with Gasteiger partial charge in [0, 0.05) is 20.0 Å². The molecule has 0 spiro atoms. The van der Waals surface area contributed by atoms with E-state index >= 15 is 0 Å². The average molecular weight is 943 g/mol. The quantitative estimate of drug-likeness (QED) is 0.211. The maximum Gasteiger partial charge on any atom is 0.410 e. The van der Waals surface area contributed by atoms with Gasteiger partial charge in [-0.2, -0.15) is 9.97 Å². The van der Waals surface area contributed by atoms with Crippen molar-refractivity contribution in [2.75, 3.05) is 42.5 Å². The minimum absolute atomic E-state index is 0. The van der Waals surface area contributed by atoms with Crippen LogP contribution < -0.4 is 32.9 Å². The number of carbonyl (C=O) groups is 6. The van der Waals surface area contributed by atoms with E-state index in [-0.39, 0.29) is 47.6 Å². The van der Waals surface area contributed by atoms with Crippen molar-refractivity contribution < 1.29 is 80.4 Å². The highest BCUT2D eigenvalue weighted by Gasteiger charge is 2.35. The number of hydrogen-bond donors (Lipinski definition) is 3. The molecule has 0 saturated heterocycles. The minimum Gasteiger partial charge on any atom is -1.00 e. The fraction of sp³-hybridized carbons (Fsp3) is 0.780. The second-order valence-electron chi connectivity index (χ2n) is 16.9. The third-order valence-electron chi connectivity index (χ3n) is 9.79. The van der Waals surface area contributed by atoms with Gasteiger partial charge in [-0.25, -0.2) is 24.0 Å². The van der Waals surface area contributed by atoms with Crippen molar-refractivity contribution in [1.82, 2.24) is 30.1 Å². The molecule has 0 aromatic carbocycles. The molecule has 3 amide bonds. The van der Waals surface area contributed by atoms with Gasteiger partial charge in [0.25, 0.3) is 0 Å². The van der Waals surface area contributed by atoms with Crippen molar-refractivity contribution in [3.63, 3.8) is 0 Å². The molecular formula is C41H73Cl2N7O13. The monoisotopic (exact) mass is 941 g/mol. The Morgan fingerprint density at radius 2 is 1.06 bits per heavy atom. The summed E-state index contributed by atoms with van der Waals surface area (Å²) in [6.07, 6.45) is 9.87. The number of nitrogens with zero attached hydrogens (tertiary/aromatic N) is 5. The molecule has 0 unspecified atom stereocenters. The summed E-state index contributed by atoms with van der Waals surface area (Å²) < 4.78 is 29.2. The van der Waals surface area contributed by atoms with Gasteiger partial charge in [-0.05, 0) is 98.6 Å². The Morgan fingerprint density at radius 3 is 1.41 bits per heavy atom.